The largest absolute Gasteiger partial charge is 0.310 e. The molecular weight excluding hydrogens is 252 g/mol. The standard InChI is InChI=1S/C16H26N2S/c1-12(2)17-10-16-9-15(14(4)19-16)11-18-7-5-13(3)6-8-18/h5,9,12,17H,6-8,10-11H2,1-4H3. The maximum absolute atomic E-state index is 3.50. The van der Waals surface area contributed by atoms with E-state index in [2.05, 4.69) is 50.1 Å². The Hall–Kier alpha value is -0.640. The van der Waals surface area contributed by atoms with Crippen molar-refractivity contribution in [3.8, 4) is 0 Å². The zero-order valence-electron chi connectivity index (χ0n) is 12.6. The van der Waals surface area contributed by atoms with E-state index in [0.717, 1.165) is 19.6 Å². The highest BCUT2D eigenvalue weighted by Crippen LogP contribution is 2.24. The molecule has 0 saturated carbocycles. The van der Waals surface area contributed by atoms with Gasteiger partial charge < -0.3 is 5.32 Å². The van der Waals surface area contributed by atoms with Crippen molar-refractivity contribution in [3.63, 3.8) is 0 Å². The Balaban J connectivity index is 1.93. The van der Waals surface area contributed by atoms with Crippen LogP contribution in [0, 0.1) is 6.92 Å². The van der Waals surface area contributed by atoms with Gasteiger partial charge in [-0.05, 0) is 31.9 Å². The Bertz CT molecular complexity index is 446. The van der Waals surface area contributed by atoms with Crippen LogP contribution in [-0.2, 0) is 13.1 Å². The van der Waals surface area contributed by atoms with E-state index in [4.69, 9.17) is 0 Å². The fraction of sp³-hybridized carbons (Fsp3) is 0.625. The van der Waals surface area contributed by atoms with E-state index in [9.17, 15) is 0 Å². The summed E-state index contributed by atoms with van der Waals surface area (Å²) >= 11 is 1.94. The van der Waals surface area contributed by atoms with Crippen LogP contribution in [0.2, 0.25) is 0 Å². The van der Waals surface area contributed by atoms with E-state index in [1.54, 1.807) is 5.57 Å². The summed E-state index contributed by atoms with van der Waals surface area (Å²) in [5.41, 5.74) is 3.05. The third-order valence-electron chi connectivity index (χ3n) is 3.67. The van der Waals surface area contributed by atoms with Crippen molar-refractivity contribution in [2.45, 2.75) is 53.2 Å². The molecule has 1 N–H and O–H groups in total. The summed E-state index contributed by atoms with van der Waals surface area (Å²) in [7, 11) is 0. The van der Waals surface area contributed by atoms with Crippen molar-refractivity contribution in [2.75, 3.05) is 13.1 Å². The molecule has 0 bridgehead atoms. The molecule has 2 rings (SSSR count). The highest BCUT2D eigenvalue weighted by atomic mass is 32.1. The van der Waals surface area contributed by atoms with Crippen molar-refractivity contribution in [2.24, 2.45) is 0 Å². The quantitative estimate of drug-likeness (QED) is 0.826. The summed E-state index contributed by atoms with van der Waals surface area (Å²) in [6.07, 6.45) is 3.59. The van der Waals surface area contributed by atoms with Gasteiger partial charge in [0.15, 0.2) is 0 Å². The minimum Gasteiger partial charge on any atom is -0.310 e. The van der Waals surface area contributed by atoms with Crippen LogP contribution in [0.3, 0.4) is 0 Å². The van der Waals surface area contributed by atoms with Crippen LogP contribution in [0.1, 0.15) is 42.5 Å². The number of thiophene rings is 1. The maximum Gasteiger partial charge on any atom is 0.0302 e. The number of nitrogens with one attached hydrogen (secondary N) is 1. The summed E-state index contributed by atoms with van der Waals surface area (Å²) in [6, 6.07) is 2.95. The third kappa shape index (κ3) is 4.44. The molecule has 0 saturated heterocycles. The van der Waals surface area contributed by atoms with Gasteiger partial charge in [0, 0.05) is 42.0 Å². The number of hydrogen-bond donors (Lipinski definition) is 1. The first kappa shape index (κ1) is 14.8. The molecule has 2 heterocycles. The summed E-state index contributed by atoms with van der Waals surface area (Å²) in [5.74, 6) is 0. The van der Waals surface area contributed by atoms with Crippen molar-refractivity contribution in [1.82, 2.24) is 10.2 Å². The Morgan fingerprint density at radius 1 is 1.37 bits per heavy atom. The molecule has 1 aliphatic heterocycles. The number of aryl methyl sites for hydroxylation is 1. The smallest absolute Gasteiger partial charge is 0.0302 e. The molecule has 0 unspecified atom stereocenters. The van der Waals surface area contributed by atoms with Crippen LogP contribution in [0.15, 0.2) is 17.7 Å². The van der Waals surface area contributed by atoms with Gasteiger partial charge in [0.25, 0.3) is 0 Å². The predicted octanol–water partition coefficient (Wildman–Crippen LogP) is 3.71. The second-order valence-electron chi connectivity index (χ2n) is 5.87. The van der Waals surface area contributed by atoms with Gasteiger partial charge in [-0.25, -0.2) is 0 Å². The van der Waals surface area contributed by atoms with E-state index >= 15 is 0 Å². The molecule has 0 aromatic carbocycles. The molecule has 3 heteroatoms. The van der Waals surface area contributed by atoms with E-state index < -0.39 is 0 Å². The molecule has 0 radical (unpaired) electrons. The number of nitrogens with zero attached hydrogens (tertiary/aromatic N) is 1. The van der Waals surface area contributed by atoms with Crippen LogP contribution >= 0.6 is 11.3 Å². The van der Waals surface area contributed by atoms with E-state index in [0.29, 0.717) is 6.04 Å². The second-order valence-corrected chi connectivity index (χ2v) is 7.21. The Labute approximate surface area is 121 Å². The minimum atomic E-state index is 0.557. The zero-order chi connectivity index (χ0) is 13.8. The summed E-state index contributed by atoms with van der Waals surface area (Å²) in [4.78, 5) is 5.48. The van der Waals surface area contributed by atoms with Gasteiger partial charge in [-0.15, -0.1) is 11.3 Å². The molecular formula is C16H26N2S. The fourth-order valence-corrected chi connectivity index (χ4v) is 3.34. The molecule has 1 aliphatic rings. The molecule has 0 aliphatic carbocycles. The maximum atomic E-state index is 3.50. The van der Waals surface area contributed by atoms with Crippen molar-refractivity contribution >= 4 is 11.3 Å². The van der Waals surface area contributed by atoms with Gasteiger partial charge in [-0.3, -0.25) is 4.90 Å². The van der Waals surface area contributed by atoms with Gasteiger partial charge in [0.1, 0.15) is 0 Å². The van der Waals surface area contributed by atoms with Gasteiger partial charge in [-0.2, -0.15) is 0 Å². The highest BCUT2D eigenvalue weighted by molar-refractivity contribution is 7.12. The Morgan fingerprint density at radius 2 is 2.16 bits per heavy atom. The molecule has 0 atom stereocenters. The van der Waals surface area contributed by atoms with Crippen LogP contribution in [0.4, 0.5) is 0 Å². The Kier molecular flexibility index (Phi) is 5.20. The zero-order valence-corrected chi connectivity index (χ0v) is 13.4. The number of rotatable bonds is 5. The molecule has 0 fully saturated rings. The van der Waals surface area contributed by atoms with Gasteiger partial charge in [-0.1, -0.05) is 25.5 Å². The molecule has 106 valence electrons. The highest BCUT2D eigenvalue weighted by Gasteiger charge is 2.13. The molecule has 2 nitrogen and oxygen atoms in total. The lowest BCUT2D eigenvalue weighted by molar-refractivity contribution is 0.286. The van der Waals surface area contributed by atoms with E-state index in [-0.39, 0.29) is 0 Å². The SMILES string of the molecule is CC1=CCN(Cc2cc(CNC(C)C)sc2C)CC1. The molecule has 19 heavy (non-hydrogen) atoms. The Morgan fingerprint density at radius 3 is 2.79 bits per heavy atom. The lowest BCUT2D eigenvalue weighted by Gasteiger charge is -2.25. The first-order chi connectivity index (χ1) is 9.04. The average Bonchev–Trinajstić information content (AvgIpc) is 2.71. The fourth-order valence-electron chi connectivity index (χ4n) is 2.33. The average molecular weight is 278 g/mol. The van der Waals surface area contributed by atoms with Crippen molar-refractivity contribution in [3.05, 3.63) is 33.0 Å². The molecule has 1 aromatic rings. The van der Waals surface area contributed by atoms with Crippen LogP contribution in [0.25, 0.3) is 0 Å². The van der Waals surface area contributed by atoms with E-state index in [1.807, 2.05) is 11.3 Å². The lowest BCUT2D eigenvalue weighted by atomic mass is 10.1. The molecule has 1 aromatic heterocycles. The van der Waals surface area contributed by atoms with Crippen molar-refractivity contribution in [1.29, 1.82) is 0 Å². The molecule has 0 spiro atoms. The van der Waals surface area contributed by atoms with Crippen molar-refractivity contribution < 1.29 is 0 Å². The topological polar surface area (TPSA) is 15.3 Å². The van der Waals surface area contributed by atoms with Gasteiger partial charge in [0.2, 0.25) is 0 Å². The normalized spacial score (nSPS) is 17.0. The van der Waals surface area contributed by atoms with Gasteiger partial charge >= 0.3 is 0 Å². The van der Waals surface area contributed by atoms with Crippen LogP contribution < -0.4 is 5.32 Å². The first-order valence-corrected chi connectivity index (χ1v) is 8.06. The van der Waals surface area contributed by atoms with Crippen LogP contribution in [0.5, 0.6) is 0 Å². The summed E-state index contributed by atoms with van der Waals surface area (Å²) < 4.78 is 0. The first-order valence-electron chi connectivity index (χ1n) is 7.24. The van der Waals surface area contributed by atoms with Crippen LogP contribution in [-0.4, -0.2) is 24.0 Å². The monoisotopic (exact) mass is 278 g/mol. The van der Waals surface area contributed by atoms with Gasteiger partial charge in [0.05, 0.1) is 0 Å². The molecule has 0 amide bonds. The third-order valence-corrected chi connectivity index (χ3v) is 4.76. The summed E-state index contributed by atoms with van der Waals surface area (Å²) in [6.45, 7) is 13.3. The number of hydrogen-bond acceptors (Lipinski definition) is 3. The second kappa shape index (κ2) is 6.69. The van der Waals surface area contributed by atoms with E-state index in [1.165, 1.54) is 28.3 Å². The lowest BCUT2D eigenvalue weighted by Crippen LogP contribution is -2.27. The minimum absolute atomic E-state index is 0.557. The predicted molar refractivity (Wildman–Crippen MR) is 84.7 cm³/mol. The summed E-state index contributed by atoms with van der Waals surface area (Å²) in [5, 5.41) is 3.50.